The van der Waals surface area contributed by atoms with Gasteiger partial charge in [-0.1, -0.05) is 23.7 Å². The fourth-order valence-electron chi connectivity index (χ4n) is 7.39. The van der Waals surface area contributed by atoms with Gasteiger partial charge in [-0.3, -0.25) is 4.79 Å². The van der Waals surface area contributed by atoms with Gasteiger partial charge in [-0.2, -0.15) is 0 Å². The quantitative estimate of drug-likeness (QED) is 0.423. The van der Waals surface area contributed by atoms with E-state index in [1.807, 2.05) is 43.3 Å². The van der Waals surface area contributed by atoms with Crippen LogP contribution in [0.1, 0.15) is 49.9 Å². The number of carbonyl (C=O) groups is 1. The predicted octanol–water partition coefficient (Wildman–Crippen LogP) is 5.95. The molecule has 0 radical (unpaired) electrons. The summed E-state index contributed by atoms with van der Waals surface area (Å²) in [6, 6.07) is 14.0. The number of hydrogen-bond acceptors (Lipinski definition) is 3. The molecule has 4 bridgehead atoms. The highest BCUT2D eigenvalue weighted by Gasteiger charge is 2.54. The van der Waals surface area contributed by atoms with E-state index in [1.54, 1.807) is 0 Å². The van der Waals surface area contributed by atoms with Crippen molar-refractivity contribution in [1.82, 2.24) is 14.9 Å². The molecule has 4 saturated carbocycles. The summed E-state index contributed by atoms with van der Waals surface area (Å²) in [4.78, 5) is 18.2. The third kappa shape index (κ3) is 4.44. The number of aromatic nitrogens is 2. The lowest BCUT2D eigenvalue weighted by atomic mass is 9.49. The first-order valence-electron chi connectivity index (χ1n) is 13.1. The fraction of sp³-hybridized carbons (Fsp3) is 0.517. The molecule has 7 rings (SSSR count). The number of carbonyl (C=O) groups excluding carboxylic acids is 1. The molecule has 0 atom stereocenters. The zero-order valence-electron chi connectivity index (χ0n) is 20.4. The number of halogens is 1. The van der Waals surface area contributed by atoms with E-state index in [9.17, 15) is 4.79 Å². The van der Waals surface area contributed by atoms with Gasteiger partial charge >= 0.3 is 0 Å². The van der Waals surface area contributed by atoms with Gasteiger partial charge in [0.05, 0.1) is 17.6 Å². The minimum Gasteiger partial charge on any atom is -0.492 e. The normalized spacial score (nSPS) is 26.9. The number of amides is 1. The number of para-hydroxylation sites is 2. The Labute approximate surface area is 212 Å². The van der Waals surface area contributed by atoms with Gasteiger partial charge in [0.25, 0.3) is 0 Å². The van der Waals surface area contributed by atoms with Gasteiger partial charge in [-0.15, -0.1) is 0 Å². The molecule has 0 unspecified atom stereocenters. The molecule has 1 aromatic heterocycles. The van der Waals surface area contributed by atoms with Gasteiger partial charge in [0.15, 0.2) is 0 Å². The summed E-state index contributed by atoms with van der Waals surface area (Å²) in [7, 11) is 0. The molecule has 4 aliphatic carbocycles. The Morgan fingerprint density at radius 1 is 1.11 bits per heavy atom. The second-order valence-electron chi connectivity index (χ2n) is 11.1. The van der Waals surface area contributed by atoms with Gasteiger partial charge < -0.3 is 14.6 Å². The first kappa shape index (κ1) is 22.9. The molecule has 1 N–H and O–H groups in total. The molecule has 3 aromatic rings. The minimum atomic E-state index is -0.0978. The van der Waals surface area contributed by atoms with Crippen molar-refractivity contribution >= 4 is 28.5 Å². The second kappa shape index (κ2) is 9.16. The largest absolute Gasteiger partial charge is 0.492 e. The predicted molar refractivity (Wildman–Crippen MR) is 139 cm³/mol. The number of ether oxygens (including phenoxy) is 1. The van der Waals surface area contributed by atoms with E-state index in [1.165, 1.54) is 19.3 Å². The molecule has 0 aliphatic heterocycles. The Kier molecular flexibility index (Phi) is 6.00. The van der Waals surface area contributed by atoms with E-state index in [0.717, 1.165) is 70.2 Å². The van der Waals surface area contributed by atoms with E-state index >= 15 is 0 Å². The molecule has 4 aliphatic rings. The van der Waals surface area contributed by atoms with Gasteiger partial charge in [-0.25, -0.2) is 4.98 Å². The molecule has 0 spiro atoms. The number of nitrogens with one attached hydrogen (secondary N) is 1. The van der Waals surface area contributed by atoms with Crippen LogP contribution in [0.4, 0.5) is 0 Å². The number of aryl methyl sites for hydroxylation is 1. The molecule has 4 fully saturated rings. The van der Waals surface area contributed by atoms with Crippen molar-refractivity contribution in [3.05, 3.63) is 58.9 Å². The Bertz CT molecular complexity index is 1210. The van der Waals surface area contributed by atoms with Crippen molar-refractivity contribution in [2.75, 3.05) is 13.2 Å². The molecule has 5 nitrogen and oxygen atoms in total. The Morgan fingerprint density at radius 3 is 2.54 bits per heavy atom. The lowest BCUT2D eigenvalue weighted by Gasteiger charge is -2.55. The van der Waals surface area contributed by atoms with Crippen molar-refractivity contribution in [2.45, 2.75) is 58.4 Å². The van der Waals surface area contributed by atoms with Crippen LogP contribution in [0.15, 0.2) is 42.5 Å². The number of hydrogen-bond donors (Lipinski definition) is 1. The summed E-state index contributed by atoms with van der Waals surface area (Å²) in [5.74, 6) is 4.44. The van der Waals surface area contributed by atoms with Crippen LogP contribution in [0.2, 0.25) is 5.02 Å². The standard InChI is InChI=1S/C29H34ClN3O2/c1-19-12-23(6-7-24(19)30)35-11-10-33-26-5-3-2-4-25(26)32-27(33)8-9-31-28(34)29-16-20-13-21(17-29)15-22(14-20)18-29/h2-7,12,20-22H,8-11,13-18H2,1H3,(H,31,34). The average Bonchev–Trinajstić information content (AvgIpc) is 3.18. The number of rotatable bonds is 8. The van der Waals surface area contributed by atoms with Gasteiger partial charge in [-0.05, 0) is 99.1 Å². The first-order valence-corrected chi connectivity index (χ1v) is 13.5. The van der Waals surface area contributed by atoms with E-state index < -0.39 is 0 Å². The van der Waals surface area contributed by atoms with E-state index in [2.05, 4.69) is 16.0 Å². The lowest BCUT2D eigenvalue weighted by Crippen LogP contribution is -2.53. The molecule has 35 heavy (non-hydrogen) atoms. The van der Waals surface area contributed by atoms with Crippen LogP contribution in [0.25, 0.3) is 11.0 Å². The molecule has 2 aromatic carbocycles. The Morgan fingerprint density at radius 2 is 1.83 bits per heavy atom. The summed E-state index contributed by atoms with van der Waals surface area (Å²) < 4.78 is 8.25. The SMILES string of the molecule is Cc1cc(OCCn2c(CCNC(=O)C34CC5CC(CC(C5)C3)C4)nc3ccccc32)ccc1Cl. The van der Waals surface area contributed by atoms with Crippen LogP contribution in [-0.2, 0) is 17.8 Å². The van der Waals surface area contributed by atoms with Gasteiger partial charge in [0.1, 0.15) is 18.2 Å². The van der Waals surface area contributed by atoms with E-state index in [0.29, 0.717) is 32.0 Å². The monoisotopic (exact) mass is 491 g/mol. The fourth-order valence-corrected chi connectivity index (χ4v) is 7.51. The van der Waals surface area contributed by atoms with Crippen LogP contribution < -0.4 is 10.1 Å². The summed E-state index contributed by atoms with van der Waals surface area (Å²) in [6.45, 7) is 3.84. The first-order chi connectivity index (χ1) is 17.0. The molecule has 0 saturated heterocycles. The van der Waals surface area contributed by atoms with Crippen LogP contribution >= 0.6 is 11.6 Å². The smallest absolute Gasteiger partial charge is 0.226 e. The molecule has 1 amide bonds. The average molecular weight is 492 g/mol. The van der Waals surface area contributed by atoms with E-state index in [4.69, 9.17) is 21.3 Å². The highest BCUT2D eigenvalue weighted by atomic mass is 35.5. The number of benzene rings is 2. The summed E-state index contributed by atoms with van der Waals surface area (Å²) in [6.07, 6.45) is 8.09. The van der Waals surface area contributed by atoms with Crippen LogP contribution in [0.3, 0.4) is 0 Å². The number of nitrogens with zero attached hydrogens (tertiary/aromatic N) is 2. The maximum atomic E-state index is 13.4. The zero-order valence-corrected chi connectivity index (χ0v) is 21.2. The molecular formula is C29H34ClN3O2. The topological polar surface area (TPSA) is 56.1 Å². The Balaban J connectivity index is 1.11. The van der Waals surface area contributed by atoms with Crippen molar-refractivity contribution < 1.29 is 9.53 Å². The Hall–Kier alpha value is -2.53. The number of imidazole rings is 1. The van der Waals surface area contributed by atoms with Crippen molar-refractivity contribution in [3.8, 4) is 5.75 Å². The van der Waals surface area contributed by atoms with Gasteiger partial charge in [0, 0.05) is 23.4 Å². The lowest BCUT2D eigenvalue weighted by molar-refractivity contribution is -0.146. The summed E-state index contributed by atoms with van der Waals surface area (Å²) in [5.41, 5.74) is 3.00. The third-order valence-electron chi connectivity index (χ3n) is 8.60. The van der Waals surface area contributed by atoms with E-state index in [-0.39, 0.29) is 5.41 Å². The maximum Gasteiger partial charge on any atom is 0.226 e. The molecule has 6 heteroatoms. The summed E-state index contributed by atoms with van der Waals surface area (Å²) in [5, 5.41) is 4.06. The summed E-state index contributed by atoms with van der Waals surface area (Å²) >= 11 is 6.14. The van der Waals surface area contributed by atoms with Crippen molar-refractivity contribution in [1.29, 1.82) is 0 Å². The van der Waals surface area contributed by atoms with Gasteiger partial charge in [0.2, 0.25) is 5.91 Å². The highest BCUT2D eigenvalue weighted by Crippen LogP contribution is 2.60. The second-order valence-corrected chi connectivity index (χ2v) is 11.5. The molecular weight excluding hydrogens is 458 g/mol. The molecule has 184 valence electrons. The highest BCUT2D eigenvalue weighted by molar-refractivity contribution is 6.31. The molecule has 1 heterocycles. The minimum absolute atomic E-state index is 0.0978. The zero-order chi connectivity index (χ0) is 24.0. The van der Waals surface area contributed by atoms with Crippen LogP contribution in [0.5, 0.6) is 5.75 Å². The van der Waals surface area contributed by atoms with Crippen molar-refractivity contribution in [3.63, 3.8) is 0 Å². The number of fused-ring (bicyclic) bond motifs is 1. The van der Waals surface area contributed by atoms with Crippen LogP contribution in [0, 0.1) is 30.1 Å². The third-order valence-corrected chi connectivity index (χ3v) is 9.02. The maximum absolute atomic E-state index is 13.4. The van der Waals surface area contributed by atoms with Crippen LogP contribution in [-0.4, -0.2) is 28.6 Å². The van der Waals surface area contributed by atoms with Crippen molar-refractivity contribution in [2.24, 2.45) is 23.2 Å².